The number of carbonyl (C=O) groups is 2. The maximum Gasteiger partial charge on any atom is 0.254 e. The zero-order valence-corrected chi connectivity index (χ0v) is 24.6. The fraction of sp³-hybridized carbons (Fsp3) is 0.393. The Bertz CT molecular complexity index is 1490. The first kappa shape index (κ1) is 33.9. The van der Waals surface area contributed by atoms with Crippen LogP contribution >= 0.6 is 11.6 Å². The lowest BCUT2D eigenvalue weighted by Gasteiger charge is -2.39. The third-order valence-corrected chi connectivity index (χ3v) is 6.89. The zero-order chi connectivity index (χ0) is 32.5. The molecule has 45 heavy (non-hydrogen) atoms. The van der Waals surface area contributed by atoms with Crippen LogP contribution in [0.3, 0.4) is 0 Å². The van der Waals surface area contributed by atoms with E-state index in [1.165, 1.54) is 43.9 Å². The fourth-order valence-electron chi connectivity index (χ4n) is 4.25. The number of pyridine rings is 1. The first-order valence-electron chi connectivity index (χ1n) is 13.7. The molecule has 1 fully saturated rings. The minimum Gasteiger partial charge on any atom is -0.491 e. The van der Waals surface area contributed by atoms with Crippen LogP contribution in [0.1, 0.15) is 16.8 Å². The van der Waals surface area contributed by atoms with E-state index >= 15 is 0 Å². The van der Waals surface area contributed by atoms with Crippen molar-refractivity contribution >= 4 is 34.9 Å². The Morgan fingerprint density at radius 1 is 1.09 bits per heavy atom. The molecule has 0 radical (unpaired) electrons. The maximum atomic E-state index is 14.4. The van der Waals surface area contributed by atoms with Crippen molar-refractivity contribution in [1.29, 1.82) is 0 Å². The molecule has 1 unspecified atom stereocenters. The molecule has 0 saturated carbocycles. The molecule has 0 aliphatic carbocycles. The molecule has 1 aromatic carbocycles. The van der Waals surface area contributed by atoms with E-state index < -0.39 is 61.6 Å². The second-order valence-electron chi connectivity index (χ2n) is 9.75. The average molecular weight is 651 g/mol. The summed E-state index contributed by atoms with van der Waals surface area (Å²) in [6.45, 7) is -0.815. The van der Waals surface area contributed by atoms with Gasteiger partial charge in [0.2, 0.25) is 5.91 Å². The number of rotatable bonds is 13. The van der Waals surface area contributed by atoms with Crippen molar-refractivity contribution in [3.8, 4) is 17.1 Å². The number of anilines is 2. The summed E-state index contributed by atoms with van der Waals surface area (Å²) < 4.78 is 30.2. The van der Waals surface area contributed by atoms with Crippen molar-refractivity contribution < 1.29 is 48.6 Å². The van der Waals surface area contributed by atoms with Crippen LogP contribution < -0.4 is 20.7 Å². The first-order chi connectivity index (χ1) is 21.6. The second-order valence-corrected chi connectivity index (χ2v) is 10.2. The van der Waals surface area contributed by atoms with Crippen molar-refractivity contribution in [2.75, 3.05) is 38.7 Å². The molecule has 2 amide bonds. The van der Waals surface area contributed by atoms with Crippen LogP contribution in [0.5, 0.6) is 5.75 Å². The number of halogens is 2. The standard InChI is InChI=1S/C28H32ClFN6O9/c1-43-19-11-34-25(15-9-14(29)3-4-17(15)30)36-26(19)35-18-5-8-31-10-16(18)27(42)33-7-2-6-32-21(38)13-44-28-24(41)23(40)22(39)20(12-37)45-28/h3-5,8-11,20,22-24,28,37,39-41H,2,6-7,12-13H2,1H3,(H,32,38)(H,33,42)(H,31,34,35,36)/t20-,22-,23+,24-,28?/m1/s1. The van der Waals surface area contributed by atoms with Crippen LogP contribution in [0.25, 0.3) is 11.4 Å². The normalized spacial score (nSPS) is 21.2. The Morgan fingerprint density at radius 2 is 1.87 bits per heavy atom. The molecule has 5 atom stereocenters. The number of carbonyl (C=O) groups excluding carboxylic acids is 2. The van der Waals surface area contributed by atoms with Crippen molar-refractivity contribution in [3.05, 3.63) is 59.3 Å². The van der Waals surface area contributed by atoms with Crippen LogP contribution in [0.2, 0.25) is 5.02 Å². The molecule has 1 aliphatic rings. The van der Waals surface area contributed by atoms with Gasteiger partial charge < -0.3 is 50.6 Å². The molecular formula is C28H32ClFN6O9. The average Bonchev–Trinajstić information content (AvgIpc) is 3.04. The van der Waals surface area contributed by atoms with E-state index in [0.29, 0.717) is 17.1 Å². The van der Waals surface area contributed by atoms with Crippen molar-refractivity contribution in [2.24, 2.45) is 0 Å². The van der Waals surface area contributed by atoms with Gasteiger partial charge in [0.25, 0.3) is 5.91 Å². The van der Waals surface area contributed by atoms with E-state index in [-0.39, 0.29) is 41.6 Å². The second kappa shape index (κ2) is 15.8. The molecule has 242 valence electrons. The summed E-state index contributed by atoms with van der Waals surface area (Å²) >= 11 is 6.02. The highest BCUT2D eigenvalue weighted by molar-refractivity contribution is 6.30. The van der Waals surface area contributed by atoms with Crippen LogP contribution in [0, 0.1) is 5.82 Å². The molecule has 4 rings (SSSR count). The lowest BCUT2D eigenvalue weighted by molar-refractivity contribution is -0.299. The molecule has 1 saturated heterocycles. The molecule has 2 aromatic heterocycles. The number of benzene rings is 1. The minimum absolute atomic E-state index is 0.0407. The molecule has 7 N–H and O–H groups in total. The Kier molecular flexibility index (Phi) is 11.9. The van der Waals surface area contributed by atoms with Gasteiger partial charge in [-0.15, -0.1) is 0 Å². The minimum atomic E-state index is -1.62. The number of aliphatic hydroxyl groups excluding tert-OH is 4. The number of hydrogen-bond acceptors (Lipinski definition) is 13. The van der Waals surface area contributed by atoms with Crippen LogP contribution in [-0.2, 0) is 14.3 Å². The van der Waals surface area contributed by atoms with Gasteiger partial charge in [-0.1, -0.05) is 11.6 Å². The number of nitrogens with zero attached hydrogens (tertiary/aromatic N) is 3. The topological polar surface area (TPSA) is 218 Å². The highest BCUT2D eigenvalue weighted by atomic mass is 35.5. The Labute approximate surface area is 261 Å². The predicted molar refractivity (Wildman–Crippen MR) is 156 cm³/mol. The third kappa shape index (κ3) is 8.58. The van der Waals surface area contributed by atoms with E-state index in [9.17, 15) is 34.4 Å². The number of aromatic nitrogens is 3. The Hall–Kier alpha value is -4.03. The molecule has 3 heterocycles. The van der Waals surface area contributed by atoms with E-state index in [0.717, 1.165) is 0 Å². The lowest BCUT2D eigenvalue weighted by atomic mass is 9.99. The Morgan fingerprint density at radius 3 is 2.62 bits per heavy atom. The van der Waals surface area contributed by atoms with E-state index in [1.807, 2.05) is 0 Å². The van der Waals surface area contributed by atoms with Gasteiger partial charge in [0.1, 0.15) is 36.8 Å². The van der Waals surface area contributed by atoms with Crippen molar-refractivity contribution in [3.63, 3.8) is 0 Å². The summed E-state index contributed by atoms with van der Waals surface area (Å²) in [5, 5.41) is 47.4. The quantitative estimate of drug-likeness (QED) is 0.123. The van der Waals surface area contributed by atoms with Gasteiger partial charge in [-0.25, -0.2) is 14.4 Å². The summed E-state index contributed by atoms with van der Waals surface area (Å²) in [6, 6.07) is 5.55. The number of amides is 2. The van der Waals surface area contributed by atoms with Crippen molar-refractivity contribution in [1.82, 2.24) is 25.6 Å². The van der Waals surface area contributed by atoms with Gasteiger partial charge in [0.05, 0.1) is 36.7 Å². The molecule has 1 aliphatic heterocycles. The van der Waals surface area contributed by atoms with E-state index in [4.69, 9.17) is 25.8 Å². The summed E-state index contributed by atoms with van der Waals surface area (Å²) in [4.78, 5) is 37.7. The SMILES string of the molecule is COc1cnc(-c2cc(Cl)ccc2F)nc1Nc1ccncc1C(=O)NCCCNC(=O)COC1O[C@H](CO)[C@@H](O)[C@H](O)[C@H]1O. The predicted octanol–water partition coefficient (Wildman–Crippen LogP) is 0.136. The van der Waals surface area contributed by atoms with Crippen LogP contribution in [0.4, 0.5) is 15.9 Å². The van der Waals surface area contributed by atoms with Gasteiger partial charge in [-0.05, 0) is 30.7 Å². The smallest absolute Gasteiger partial charge is 0.254 e. The van der Waals surface area contributed by atoms with E-state index in [2.05, 4.69) is 30.9 Å². The van der Waals surface area contributed by atoms with Gasteiger partial charge in [-0.2, -0.15) is 0 Å². The van der Waals surface area contributed by atoms with Crippen LogP contribution in [-0.4, -0.2) is 111 Å². The summed E-state index contributed by atoms with van der Waals surface area (Å²) in [7, 11) is 1.41. The number of aliphatic hydroxyl groups is 4. The highest BCUT2D eigenvalue weighted by Crippen LogP contribution is 2.30. The van der Waals surface area contributed by atoms with Gasteiger partial charge in [-0.3, -0.25) is 14.6 Å². The molecular weight excluding hydrogens is 619 g/mol. The number of hydrogen-bond donors (Lipinski definition) is 7. The lowest BCUT2D eigenvalue weighted by Crippen LogP contribution is -2.59. The zero-order valence-electron chi connectivity index (χ0n) is 23.9. The maximum absolute atomic E-state index is 14.4. The number of methoxy groups -OCH3 is 1. The van der Waals surface area contributed by atoms with Gasteiger partial charge in [0.15, 0.2) is 23.7 Å². The van der Waals surface area contributed by atoms with Crippen LogP contribution in [0.15, 0.2) is 42.9 Å². The fourth-order valence-corrected chi connectivity index (χ4v) is 4.42. The first-order valence-corrected chi connectivity index (χ1v) is 14.0. The summed E-state index contributed by atoms with van der Waals surface area (Å²) in [5.41, 5.74) is 0.578. The molecule has 17 heteroatoms. The number of nitrogens with one attached hydrogen (secondary N) is 3. The van der Waals surface area contributed by atoms with Crippen molar-refractivity contribution in [2.45, 2.75) is 37.1 Å². The Balaban J connectivity index is 1.29. The monoisotopic (exact) mass is 650 g/mol. The van der Waals surface area contributed by atoms with Gasteiger partial charge in [0, 0.05) is 30.5 Å². The number of ether oxygens (including phenoxy) is 3. The molecule has 3 aromatic rings. The van der Waals surface area contributed by atoms with Gasteiger partial charge >= 0.3 is 0 Å². The summed E-state index contributed by atoms with van der Waals surface area (Å²) in [5.74, 6) is -1.17. The molecule has 0 spiro atoms. The molecule has 15 nitrogen and oxygen atoms in total. The largest absolute Gasteiger partial charge is 0.491 e. The highest BCUT2D eigenvalue weighted by Gasteiger charge is 2.44. The summed E-state index contributed by atoms with van der Waals surface area (Å²) in [6.07, 6.45) is -2.87. The molecule has 0 bridgehead atoms. The third-order valence-electron chi connectivity index (χ3n) is 6.65. The van der Waals surface area contributed by atoms with E-state index in [1.54, 1.807) is 6.07 Å².